The topological polar surface area (TPSA) is 55.1 Å². The molecule has 1 aromatic carbocycles. The number of amides is 1. The molecule has 0 unspecified atom stereocenters. The summed E-state index contributed by atoms with van der Waals surface area (Å²) in [6.45, 7) is 3.16. The molecular formula is C12H18N2O. The third-order valence-corrected chi connectivity index (χ3v) is 2.23. The maximum atomic E-state index is 11.1. The van der Waals surface area contributed by atoms with Gasteiger partial charge in [-0.1, -0.05) is 29.8 Å². The fourth-order valence-electron chi connectivity index (χ4n) is 1.32. The fraction of sp³-hybridized carbons (Fsp3) is 0.417. The monoisotopic (exact) mass is 206 g/mol. The summed E-state index contributed by atoms with van der Waals surface area (Å²) in [5.74, 6) is 0.0320. The summed E-state index contributed by atoms with van der Waals surface area (Å²) < 4.78 is 0. The van der Waals surface area contributed by atoms with Gasteiger partial charge in [0.2, 0.25) is 5.91 Å². The quantitative estimate of drug-likeness (QED) is 0.755. The van der Waals surface area contributed by atoms with E-state index < -0.39 is 0 Å². The Balaban J connectivity index is 2.26. The average Bonchev–Trinajstić information content (AvgIpc) is 2.21. The maximum Gasteiger partial charge on any atom is 0.221 e. The lowest BCUT2D eigenvalue weighted by Crippen LogP contribution is -2.27. The first-order valence-electron chi connectivity index (χ1n) is 5.24. The first-order valence-corrected chi connectivity index (χ1v) is 5.24. The maximum absolute atomic E-state index is 11.1. The van der Waals surface area contributed by atoms with Gasteiger partial charge in [-0.25, -0.2) is 0 Å². The molecule has 3 heteroatoms. The van der Waals surface area contributed by atoms with Crippen molar-refractivity contribution in [2.45, 2.75) is 19.8 Å². The zero-order valence-corrected chi connectivity index (χ0v) is 9.12. The minimum Gasteiger partial charge on any atom is -0.356 e. The van der Waals surface area contributed by atoms with Crippen LogP contribution in [0, 0.1) is 6.92 Å². The van der Waals surface area contributed by atoms with Crippen LogP contribution >= 0.6 is 0 Å². The number of carbonyl (C=O) groups is 1. The zero-order valence-electron chi connectivity index (χ0n) is 9.12. The van der Waals surface area contributed by atoms with Crippen LogP contribution in [0.2, 0.25) is 0 Å². The summed E-state index contributed by atoms with van der Waals surface area (Å²) in [4.78, 5) is 11.1. The molecule has 3 N–H and O–H groups in total. The molecule has 0 saturated carbocycles. The third-order valence-electron chi connectivity index (χ3n) is 2.23. The second-order valence-electron chi connectivity index (χ2n) is 3.62. The highest BCUT2D eigenvalue weighted by molar-refractivity contribution is 5.75. The van der Waals surface area contributed by atoms with Crippen LogP contribution in [-0.2, 0) is 11.2 Å². The van der Waals surface area contributed by atoms with E-state index in [9.17, 15) is 4.79 Å². The molecule has 82 valence electrons. The molecule has 0 radical (unpaired) electrons. The number of nitrogens with one attached hydrogen (secondary N) is 1. The standard InChI is InChI=1S/C12H18N2O/c1-10-2-4-11(5-3-10)7-9-14-12(15)6-8-13/h2-5H,6-9,13H2,1H3,(H,14,15). The molecule has 0 aliphatic carbocycles. The van der Waals surface area contributed by atoms with Gasteiger partial charge in [0.1, 0.15) is 0 Å². The van der Waals surface area contributed by atoms with Gasteiger partial charge in [0.05, 0.1) is 0 Å². The van der Waals surface area contributed by atoms with E-state index in [0.29, 0.717) is 19.5 Å². The Morgan fingerprint density at radius 2 is 2.00 bits per heavy atom. The van der Waals surface area contributed by atoms with Crippen LogP contribution < -0.4 is 11.1 Å². The van der Waals surface area contributed by atoms with E-state index in [1.807, 2.05) is 0 Å². The lowest BCUT2D eigenvalue weighted by Gasteiger charge is -2.04. The van der Waals surface area contributed by atoms with Crippen LogP contribution in [0.15, 0.2) is 24.3 Å². The molecule has 0 heterocycles. The van der Waals surface area contributed by atoms with E-state index in [1.54, 1.807) is 0 Å². The highest BCUT2D eigenvalue weighted by Crippen LogP contribution is 2.02. The van der Waals surface area contributed by atoms with Gasteiger partial charge in [0, 0.05) is 19.5 Å². The fourth-order valence-corrected chi connectivity index (χ4v) is 1.32. The second-order valence-corrected chi connectivity index (χ2v) is 3.62. The van der Waals surface area contributed by atoms with Crippen molar-refractivity contribution in [1.82, 2.24) is 5.32 Å². The Morgan fingerprint density at radius 3 is 2.60 bits per heavy atom. The average molecular weight is 206 g/mol. The summed E-state index contributed by atoms with van der Waals surface area (Å²) in [6.07, 6.45) is 1.28. The van der Waals surface area contributed by atoms with E-state index in [4.69, 9.17) is 5.73 Å². The zero-order chi connectivity index (χ0) is 11.1. The molecule has 1 rings (SSSR count). The Hall–Kier alpha value is -1.35. The van der Waals surface area contributed by atoms with Crippen molar-refractivity contribution in [2.24, 2.45) is 5.73 Å². The highest BCUT2D eigenvalue weighted by atomic mass is 16.1. The number of rotatable bonds is 5. The molecule has 3 nitrogen and oxygen atoms in total. The van der Waals surface area contributed by atoms with Gasteiger partial charge in [-0.15, -0.1) is 0 Å². The van der Waals surface area contributed by atoms with Gasteiger partial charge < -0.3 is 11.1 Å². The van der Waals surface area contributed by atoms with Crippen LogP contribution in [0.4, 0.5) is 0 Å². The molecule has 0 spiro atoms. The van der Waals surface area contributed by atoms with Crippen LogP contribution in [-0.4, -0.2) is 19.0 Å². The molecule has 0 atom stereocenters. The molecule has 1 amide bonds. The van der Waals surface area contributed by atoms with Crippen LogP contribution in [0.25, 0.3) is 0 Å². The lowest BCUT2D eigenvalue weighted by atomic mass is 10.1. The minimum atomic E-state index is 0.0320. The van der Waals surface area contributed by atoms with E-state index in [2.05, 4.69) is 36.5 Å². The highest BCUT2D eigenvalue weighted by Gasteiger charge is 1.98. The molecule has 0 aromatic heterocycles. The minimum absolute atomic E-state index is 0.0320. The Bertz CT molecular complexity index is 306. The number of nitrogens with two attached hydrogens (primary N) is 1. The number of aryl methyl sites for hydroxylation is 1. The van der Waals surface area contributed by atoms with Gasteiger partial charge in [-0.2, -0.15) is 0 Å². The normalized spacial score (nSPS) is 10.0. The third kappa shape index (κ3) is 4.61. The van der Waals surface area contributed by atoms with Crippen molar-refractivity contribution in [3.05, 3.63) is 35.4 Å². The van der Waals surface area contributed by atoms with Crippen molar-refractivity contribution in [2.75, 3.05) is 13.1 Å². The molecule has 0 aliphatic rings. The molecule has 0 fully saturated rings. The Kier molecular flexibility index (Phi) is 4.84. The van der Waals surface area contributed by atoms with Crippen LogP contribution in [0.5, 0.6) is 0 Å². The number of benzene rings is 1. The van der Waals surface area contributed by atoms with Crippen molar-refractivity contribution in [3.63, 3.8) is 0 Å². The first kappa shape index (κ1) is 11.7. The summed E-state index contributed by atoms with van der Waals surface area (Å²) in [7, 11) is 0. The van der Waals surface area contributed by atoms with E-state index in [-0.39, 0.29) is 5.91 Å². The lowest BCUT2D eigenvalue weighted by molar-refractivity contribution is -0.120. The Morgan fingerprint density at radius 1 is 1.33 bits per heavy atom. The molecule has 0 saturated heterocycles. The summed E-state index contributed by atoms with van der Waals surface area (Å²) in [6, 6.07) is 8.34. The molecule has 1 aromatic rings. The largest absolute Gasteiger partial charge is 0.356 e. The summed E-state index contributed by atoms with van der Waals surface area (Å²) in [5, 5.41) is 2.83. The summed E-state index contributed by atoms with van der Waals surface area (Å²) in [5.41, 5.74) is 7.77. The first-order chi connectivity index (χ1) is 7.22. The van der Waals surface area contributed by atoms with Crippen molar-refractivity contribution >= 4 is 5.91 Å². The van der Waals surface area contributed by atoms with E-state index in [0.717, 1.165) is 6.42 Å². The van der Waals surface area contributed by atoms with E-state index >= 15 is 0 Å². The van der Waals surface area contributed by atoms with Gasteiger partial charge in [-0.3, -0.25) is 4.79 Å². The van der Waals surface area contributed by atoms with Crippen molar-refractivity contribution in [3.8, 4) is 0 Å². The predicted octanol–water partition coefficient (Wildman–Crippen LogP) is 1.00. The summed E-state index contributed by atoms with van der Waals surface area (Å²) >= 11 is 0. The molecule has 0 aliphatic heterocycles. The van der Waals surface area contributed by atoms with Gasteiger partial charge >= 0.3 is 0 Å². The smallest absolute Gasteiger partial charge is 0.221 e. The van der Waals surface area contributed by atoms with E-state index in [1.165, 1.54) is 11.1 Å². The van der Waals surface area contributed by atoms with Gasteiger partial charge in [-0.05, 0) is 18.9 Å². The molecule has 0 bridgehead atoms. The number of hydrogen-bond acceptors (Lipinski definition) is 2. The number of carbonyl (C=O) groups excluding carboxylic acids is 1. The Labute approximate surface area is 90.7 Å². The second kappa shape index (κ2) is 6.19. The van der Waals surface area contributed by atoms with Crippen LogP contribution in [0.1, 0.15) is 17.5 Å². The van der Waals surface area contributed by atoms with Gasteiger partial charge in [0.25, 0.3) is 0 Å². The van der Waals surface area contributed by atoms with Gasteiger partial charge in [0.15, 0.2) is 0 Å². The molecule has 15 heavy (non-hydrogen) atoms. The SMILES string of the molecule is Cc1ccc(CCNC(=O)CCN)cc1. The van der Waals surface area contributed by atoms with Crippen molar-refractivity contribution < 1.29 is 4.79 Å². The van der Waals surface area contributed by atoms with Crippen molar-refractivity contribution in [1.29, 1.82) is 0 Å². The van der Waals surface area contributed by atoms with Crippen LogP contribution in [0.3, 0.4) is 0 Å². The molecular weight excluding hydrogens is 188 g/mol. The predicted molar refractivity (Wildman–Crippen MR) is 61.6 cm³/mol. The number of hydrogen-bond donors (Lipinski definition) is 2.